The summed E-state index contributed by atoms with van der Waals surface area (Å²) in [4.78, 5) is 63.5. The minimum absolute atomic E-state index is 0.103. The molecule has 11 rings (SSSR count). The number of anilines is 2. The van der Waals surface area contributed by atoms with Gasteiger partial charge in [0.2, 0.25) is 0 Å². The van der Waals surface area contributed by atoms with E-state index in [1.54, 1.807) is 29.2 Å². The summed E-state index contributed by atoms with van der Waals surface area (Å²) in [5.41, 5.74) is 7.19. The van der Waals surface area contributed by atoms with Gasteiger partial charge in [-0.25, -0.2) is 9.78 Å². The molecule has 6 aromatic rings. The lowest BCUT2D eigenvalue weighted by molar-refractivity contribution is -0.157. The van der Waals surface area contributed by atoms with Gasteiger partial charge in [-0.1, -0.05) is 50.8 Å². The number of likely N-dealkylation sites (tertiary alicyclic amines) is 1. The minimum Gasteiger partial charge on any atom is -0.489 e. The average molecular weight is 974 g/mol. The maximum atomic E-state index is 14.2. The number of fused-ring (bicyclic) bond motifs is 7. The molecule has 5 aliphatic rings. The Balaban J connectivity index is 0.00000295. The number of pyridine rings is 2. The number of aliphatic hydroxyl groups excluding tert-OH is 2. The SMILES string of the molecule is C=C(COc1ccc2nc3c(c(CO)c2c1)Cn1c-3cc2c(c1=O)COC(=O)C2O)C(=O)N1CCN(c2nc(OCC3CCCN3C)nc3c2CCN(c2cccc4cccc(C)c24)C3)CC1CC#N.CC. The lowest BCUT2D eigenvalue weighted by Crippen LogP contribution is -2.56. The summed E-state index contributed by atoms with van der Waals surface area (Å²) in [5, 5.41) is 34.3. The molecule has 8 heterocycles. The van der Waals surface area contributed by atoms with Gasteiger partial charge < -0.3 is 48.6 Å². The number of hydrogen-bond acceptors (Lipinski definition) is 15. The maximum Gasteiger partial charge on any atom is 0.340 e. The van der Waals surface area contributed by atoms with E-state index < -0.39 is 23.7 Å². The summed E-state index contributed by atoms with van der Waals surface area (Å²) >= 11 is 0. The molecule has 372 valence electrons. The van der Waals surface area contributed by atoms with Crippen molar-refractivity contribution in [3.8, 4) is 29.2 Å². The first kappa shape index (κ1) is 48.2. The Morgan fingerprint density at radius 2 is 1.76 bits per heavy atom. The molecular formula is C55H59N9O8. The molecule has 3 unspecified atom stereocenters. The Labute approximate surface area is 417 Å². The monoisotopic (exact) mass is 973 g/mol. The van der Waals surface area contributed by atoms with Gasteiger partial charge in [-0.3, -0.25) is 9.59 Å². The van der Waals surface area contributed by atoms with Gasteiger partial charge in [-0.2, -0.15) is 15.2 Å². The van der Waals surface area contributed by atoms with E-state index in [1.165, 1.54) is 26.6 Å². The number of hydrogen-bond donors (Lipinski definition) is 2. The molecule has 0 radical (unpaired) electrons. The Morgan fingerprint density at radius 3 is 2.54 bits per heavy atom. The van der Waals surface area contributed by atoms with E-state index in [2.05, 4.69) is 77.7 Å². The molecule has 72 heavy (non-hydrogen) atoms. The van der Waals surface area contributed by atoms with Gasteiger partial charge in [0.1, 0.15) is 31.4 Å². The van der Waals surface area contributed by atoms with Crippen LogP contribution in [0.5, 0.6) is 11.8 Å². The van der Waals surface area contributed by atoms with Crippen LogP contribution in [-0.4, -0.2) is 116 Å². The number of carbonyl (C=O) groups excluding carboxylic acids is 2. The lowest BCUT2D eigenvalue weighted by Gasteiger charge is -2.42. The summed E-state index contributed by atoms with van der Waals surface area (Å²) in [6, 6.07) is 22.1. The first-order chi connectivity index (χ1) is 35.0. The molecule has 17 nitrogen and oxygen atoms in total. The van der Waals surface area contributed by atoms with E-state index in [-0.39, 0.29) is 61.4 Å². The zero-order valence-electron chi connectivity index (χ0n) is 41.2. The Morgan fingerprint density at radius 1 is 0.944 bits per heavy atom. The molecule has 0 spiro atoms. The van der Waals surface area contributed by atoms with Crippen LogP contribution in [-0.2, 0) is 47.1 Å². The van der Waals surface area contributed by atoms with Gasteiger partial charge in [0.05, 0.1) is 66.4 Å². The zero-order chi connectivity index (χ0) is 50.4. The smallest absolute Gasteiger partial charge is 0.340 e. The predicted molar refractivity (Wildman–Crippen MR) is 272 cm³/mol. The van der Waals surface area contributed by atoms with Crippen molar-refractivity contribution in [1.82, 2.24) is 29.3 Å². The van der Waals surface area contributed by atoms with Crippen LogP contribution in [0.15, 0.2) is 77.6 Å². The Kier molecular flexibility index (Phi) is 13.4. The largest absolute Gasteiger partial charge is 0.489 e. The highest BCUT2D eigenvalue weighted by Crippen LogP contribution is 2.40. The number of amides is 1. The number of aromatic nitrogens is 4. The number of esters is 1. The molecule has 0 bridgehead atoms. The number of ether oxygens (including phenoxy) is 3. The van der Waals surface area contributed by atoms with Crippen molar-refractivity contribution in [3.63, 3.8) is 0 Å². The topological polar surface area (TPSA) is 200 Å². The van der Waals surface area contributed by atoms with E-state index in [0.29, 0.717) is 84.4 Å². The molecule has 0 aliphatic carbocycles. The Hall–Kier alpha value is -7.39. The number of carbonyl (C=O) groups is 2. The van der Waals surface area contributed by atoms with Gasteiger partial charge in [0.25, 0.3) is 11.5 Å². The lowest BCUT2D eigenvalue weighted by atomic mass is 9.99. The molecule has 1 amide bonds. The molecule has 2 saturated heterocycles. The van der Waals surface area contributed by atoms with Crippen LogP contribution in [0.2, 0.25) is 0 Å². The summed E-state index contributed by atoms with van der Waals surface area (Å²) in [5.74, 6) is 0.0663. The van der Waals surface area contributed by atoms with Gasteiger partial charge in [0.15, 0.2) is 6.10 Å². The summed E-state index contributed by atoms with van der Waals surface area (Å²) < 4.78 is 19.1. The second kappa shape index (κ2) is 20.0. The summed E-state index contributed by atoms with van der Waals surface area (Å²) in [7, 11) is 2.12. The molecule has 17 heteroatoms. The van der Waals surface area contributed by atoms with Crippen molar-refractivity contribution >= 4 is 45.1 Å². The minimum atomic E-state index is -1.58. The van der Waals surface area contributed by atoms with E-state index in [4.69, 9.17) is 29.2 Å². The molecule has 3 atom stereocenters. The third-order valence-corrected chi connectivity index (χ3v) is 14.8. The summed E-state index contributed by atoms with van der Waals surface area (Å²) in [6.45, 7) is 13.7. The number of nitriles is 1. The van der Waals surface area contributed by atoms with Crippen LogP contribution in [0.3, 0.4) is 0 Å². The van der Waals surface area contributed by atoms with E-state index >= 15 is 0 Å². The molecule has 3 aromatic carbocycles. The maximum absolute atomic E-state index is 14.2. The molecule has 2 N–H and O–H groups in total. The van der Waals surface area contributed by atoms with Crippen LogP contribution in [0.4, 0.5) is 11.5 Å². The zero-order valence-corrected chi connectivity index (χ0v) is 41.2. The first-order valence-electron chi connectivity index (χ1n) is 24.9. The molecule has 3 aromatic heterocycles. The predicted octanol–water partition coefficient (Wildman–Crippen LogP) is 5.89. The van der Waals surface area contributed by atoms with E-state index in [9.17, 15) is 29.9 Å². The van der Waals surface area contributed by atoms with Crippen LogP contribution in [0, 0.1) is 18.3 Å². The van der Waals surface area contributed by atoms with Crippen LogP contribution < -0.4 is 24.8 Å². The van der Waals surface area contributed by atoms with Crippen LogP contribution >= 0.6 is 0 Å². The fourth-order valence-corrected chi connectivity index (χ4v) is 11.0. The van der Waals surface area contributed by atoms with Crippen molar-refractivity contribution in [2.24, 2.45) is 0 Å². The highest BCUT2D eigenvalue weighted by atomic mass is 16.5. The average Bonchev–Trinajstić information content (AvgIpc) is 3.99. The van der Waals surface area contributed by atoms with Crippen molar-refractivity contribution in [1.29, 1.82) is 5.26 Å². The van der Waals surface area contributed by atoms with Crippen molar-refractivity contribution in [2.75, 3.05) is 62.8 Å². The van der Waals surface area contributed by atoms with Crippen molar-refractivity contribution in [2.45, 2.75) is 90.9 Å². The number of likely N-dealkylation sites (N-methyl/N-ethyl adjacent to an activating group) is 1. The number of aryl methyl sites for hydroxylation is 1. The van der Waals surface area contributed by atoms with Crippen LogP contribution in [0.25, 0.3) is 33.1 Å². The number of cyclic esters (lactones) is 1. The third kappa shape index (κ3) is 8.67. The number of rotatable bonds is 11. The fraction of sp³-hybridized carbons (Fsp3) is 0.400. The number of nitrogens with zero attached hydrogens (tertiary/aromatic N) is 9. The van der Waals surface area contributed by atoms with E-state index in [0.717, 1.165) is 43.0 Å². The normalized spacial score (nSPS) is 19.2. The first-order valence-corrected chi connectivity index (χ1v) is 24.9. The quantitative estimate of drug-likeness (QED) is 0.115. The third-order valence-electron chi connectivity index (χ3n) is 14.8. The van der Waals surface area contributed by atoms with Gasteiger partial charge in [-0.05, 0) is 86.6 Å². The molecular weight excluding hydrogens is 915 g/mol. The number of aliphatic hydroxyl groups is 2. The second-order valence-electron chi connectivity index (χ2n) is 18.9. The number of piperazine rings is 1. The van der Waals surface area contributed by atoms with E-state index in [1.807, 2.05) is 13.8 Å². The fourth-order valence-electron chi connectivity index (χ4n) is 11.0. The molecule has 5 aliphatic heterocycles. The van der Waals surface area contributed by atoms with Gasteiger partial charge in [-0.15, -0.1) is 0 Å². The highest BCUT2D eigenvalue weighted by molar-refractivity contribution is 5.97. The van der Waals surface area contributed by atoms with Crippen molar-refractivity contribution in [3.05, 3.63) is 122 Å². The summed E-state index contributed by atoms with van der Waals surface area (Å²) in [6.07, 6.45) is 1.40. The highest BCUT2D eigenvalue weighted by Gasteiger charge is 2.37. The van der Waals surface area contributed by atoms with Gasteiger partial charge >= 0.3 is 12.0 Å². The van der Waals surface area contributed by atoms with Crippen LogP contribution in [0.1, 0.15) is 78.3 Å². The molecule has 0 saturated carbocycles. The van der Waals surface area contributed by atoms with Gasteiger partial charge in [0, 0.05) is 70.9 Å². The standard InChI is InChI=1S/C53H53N9O8.C2H6/c1-30-7-4-8-32-9-5-11-44(46(30)32)59-18-15-36-43(25-59)56-53(70-28-34-10-6-17-58(34)3)57-49(36)60-19-20-61(33(23-60)14-16-54)50(65)31(2)27-68-35-12-13-42-37(21-35)40(26-63)39-24-62-45(47(39)55-42)22-38-41(51(62)66)29-69-52(67)48(38)64;1-2/h4-5,7-9,11-13,21-22,33-34,48,63-64H,2,6,10,14-15,17-20,23-29H2,1,3H3;1-2H3. The van der Waals surface area contributed by atoms with Crippen molar-refractivity contribution < 1.29 is 34.0 Å². The number of benzene rings is 3. The molecule has 2 fully saturated rings. The second-order valence-corrected chi connectivity index (χ2v) is 18.9. The Bertz CT molecular complexity index is 3250.